The van der Waals surface area contributed by atoms with Crippen LogP contribution in [0.4, 0.5) is 30.6 Å². The molecule has 3 heterocycles. The van der Waals surface area contributed by atoms with Crippen LogP contribution in [-0.2, 0) is 6.18 Å². The Hall–Kier alpha value is -3.76. The summed E-state index contributed by atoms with van der Waals surface area (Å²) >= 11 is 0. The number of rotatable bonds is 5. The molecule has 4 aromatic rings. The largest absolute Gasteiger partial charge is 0.451 e. The Morgan fingerprint density at radius 2 is 1.81 bits per heavy atom. The number of nitrogens with one attached hydrogen (secondary N) is 1. The molecule has 1 aliphatic rings. The van der Waals surface area contributed by atoms with Crippen molar-refractivity contribution in [2.45, 2.75) is 25.1 Å². The zero-order valence-corrected chi connectivity index (χ0v) is 16.4. The second-order valence-electron chi connectivity index (χ2n) is 7.21. The van der Waals surface area contributed by atoms with Gasteiger partial charge in [-0.2, -0.15) is 18.2 Å². The molecule has 3 aromatic heterocycles. The van der Waals surface area contributed by atoms with E-state index in [4.69, 9.17) is 0 Å². The third-order valence-corrected chi connectivity index (χ3v) is 4.89. The number of anilines is 3. The molecule has 0 amide bonds. The van der Waals surface area contributed by atoms with Crippen molar-refractivity contribution in [3.63, 3.8) is 0 Å². The van der Waals surface area contributed by atoms with Crippen molar-refractivity contribution in [3.8, 4) is 5.82 Å². The molecule has 1 aliphatic carbocycles. The van der Waals surface area contributed by atoms with Crippen molar-refractivity contribution in [3.05, 3.63) is 54.7 Å². The molecule has 0 aliphatic heterocycles. The van der Waals surface area contributed by atoms with Gasteiger partial charge in [0.15, 0.2) is 17.0 Å². The molecule has 1 fully saturated rings. The van der Waals surface area contributed by atoms with Crippen molar-refractivity contribution >= 4 is 28.6 Å². The monoisotopic (exact) mass is 426 g/mol. The number of para-hydroxylation sites is 1. The molecule has 1 saturated carbocycles. The molecular formula is C20H17F3N8. The Balaban J connectivity index is 1.60. The summed E-state index contributed by atoms with van der Waals surface area (Å²) in [6.07, 6.45) is 0.0152. The summed E-state index contributed by atoms with van der Waals surface area (Å²) in [7, 11) is 1.81. The van der Waals surface area contributed by atoms with Crippen molar-refractivity contribution < 1.29 is 13.2 Å². The Kier molecular flexibility index (Phi) is 4.45. The molecule has 0 atom stereocenters. The van der Waals surface area contributed by atoms with Gasteiger partial charge >= 0.3 is 6.18 Å². The number of hydrogen-bond donors (Lipinski definition) is 1. The van der Waals surface area contributed by atoms with E-state index in [1.807, 2.05) is 37.4 Å². The van der Waals surface area contributed by atoms with E-state index in [-0.39, 0.29) is 23.0 Å². The highest BCUT2D eigenvalue weighted by atomic mass is 19.4. The van der Waals surface area contributed by atoms with Crippen molar-refractivity contribution in [1.29, 1.82) is 0 Å². The van der Waals surface area contributed by atoms with Crippen LogP contribution in [0.15, 0.2) is 48.9 Å². The average molecular weight is 426 g/mol. The molecule has 0 bridgehead atoms. The summed E-state index contributed by atoms with van der Waals surface area (Å²) in [4.78, 5) is 22.3. The minimum absolute atomic E-state index is 0.0255. The molecule has 0 spiro atoms. The van der Waals surface area contributed by atoms with Crippen LogP contribution < -0.4 is 10.2 Å². The lowest BCUT2D eigenvalue weighted by molar-refractivity contribution is -0.144. The summed E-state index contributed by atoms with van der Waals surface area (Å²) < 4.78 is 41.7. The maximum Gasteiger partial charge on any atom is 0.451 e. The lowest BCUT2D eigenvalue weighted by Gasteiger charge is -2.17. The highest BCUT2D eigenvalue weighted by Gasteiger charge is 2.37. The maximum atomic E-state index is 13.4. The second-order valence-corrected chi connectivity index (χ2v) is 7.21. The van der Waals surface area contributed by atoms with E-state index < -0.39 is 12.0 Å². The van der Waals surface area contributed by atoms with E-state index in [0.717, 1.165) is 18.5 Å². The van der Waals surface area contributed by atoms with E-state index in [9.17, 15) is 13.2 Å². The van der Waals surface area contributed by atoms with Gasteiger partial charge in [-0.25, -0.2) is 19.9 Å². The fourth-order valence-electron chi connectivity index (χ4n) is 3.12. The summed E-state index contributed by atoms with van der Waals surface area (Å²) in [5.74, 6) is -0.415. The van der Waals surface area contributed by atoms with Crippen LogP contribution in [0.1, 0.15) is 18.7 Å². The fraction of sp³-hybridized carbons (Fsp3) is 0.250. The number of alkyl halides is 3. The zero-order valence-electron chi connectivity index (χ0n) is 16.4. The van der Waals surface area contributed by atoms with Gasteiger partial charge < -0.3 is 10.2 Å². The van der Waals surface area contributed by atoms with Crippen molar-refractivity contribution in [2.24, 2.45) is 0 Å². The quantitative estimate of drug-likeness (QED) is 0.517. The third kappa shape index (κ3) is 3.74. The predicted molar refractivity (Wildman–Crippen MR) is 108 cm³/mol. The van der Waals surface area contributed by atoms with Gasteiger partial charge in [-0.05, 0) is 31.0 Å². The summed E-state index contributed by atoms with van der Waals surface area (Å²) in [5.41, 5.74) is 1.15. The smallest absolute Gasteiger partial charge is 0.365 e. The minimum Gasteiger partial charge on any atom is -0.365 e. The fourth-order valence-corrected chi connectivity index (χ4v) is 3.12. The van der Waals surface area contributed by atoms with Gasteiger partial charge in [0.05, 0.1) is 0 Å². The van der Waals surface area contributed by atoms with Crippen LogP contribution in [-0.4, -0.2) is 42.6 Å². The second kappa shape index (κ2) is 7.18. The number of hydrogen-bond acceptors (Lipinski definition) is 7. The Morgan fingerprint density at radius 3 is 2.52 bits per heavy atom. The number of fused-ring (bicyclic) bond motifs is 1. The van der Waals surface area contributed by atoms with Gasteiger partial charge in [-0.3, -0.25) is 4.57 Å². The number of nitrogens with zero attached hydrogens (tertiary/aromatic N) is 7. The molecule has 0 saturated heterocycles. The molecule has 8 nitrogen and oxygen atoms in total. The first-order chi connectivity index (χ1) is 14.9. The number of imidazole rings is 1. The summed E-state index contributed by atoms with van der Waals surface area (Å²) in [6.45, 7) is 0. The minimum atomic E-state index is -4.69. The molecule has 158 valence electrons. The molecule has 31 heavy (non-hydrogen) atoms. The Bertz CT molecular complexity index is 1230. The summed E-state index contributed by atoms with van der Waals surface area (Å²) in [5, 5.41) is 3.02. The number of halogens is 3. The lowest BCUT2D eigenvalue weighted by atomic mass is 10.3. The van der Waals surface area contributed by atoms with E-state index in [0.29, 0.717) is 11.8 Å². The lowest BCUT2D eigenvalue weighted by Crippen LogP contribution is -2.16. The van der Waals surface area contributed by atoms with Gasteiger partial charge in [-0.15, -0.1) is 0 Å². The van der Waals surface area contributed by atoms with Crippen LogP contribution in [0, 0.1) is 0 Å². The molecule has 5 rings (SSSR count). The molecule has 11 heteroatoms. The normalized spacial score (nSPS) is 14.1. The topological polar surface area (TPSA) is 84.7 Å². The predicted octanol–water partition coefficient (Wildman–Crippen LogP) is 3.97. The van der Waals surface area contributed by atoms with Crippen LogP contribution in [0.2, 0.25) is 0 Å². The first-order valence-electron chi connectivity index (χ1n) is 9.61. The van der Waals surface area contributed by atoms with Gasteiger partial charge in [0.25, 0.3) is 0 Å². The molecule has 0 unspecified atom stereocenters. The van der Waals surface area contributed by atoms with Crippen LogP contribution in [0.5, 0.6) is 0 Å². The van der Waals surface area contributed by atoms with Crippen LogP contribution in [0.3, 0.4) is 0 Å². The van der Waals surface area contributed by atoms with Crippen molar-refractivity contribution in [1.82, 2.24) is 29.5 Å². The van der Waals surface area contributed by atoms with Crippen LogP contribution >= 0.6 is 0 Å². The van der Waals surface area contributed by atoms with E-state index in [2.05, 4.69) is 30.2 Å². The summed E-state index contributed by atoms with van der Waals surface area (Å²) in [6, 6.07) is 11.2. The standard InChI is InChI=1S/C20H17F3N8/c1-30(13-5-3-2-4-6-13)19-24-10-9-14(27-19)31-11-25-15-16(26-12-7-8-12)28-18(20(21,22)23)29-17(15)31/h2-6,9-12H,7-8H2,1H3,(H,26,28,29). The first kappa shape index (κ1) is 19.2. The molecule has 0 radical (unpaired) electrons. The SMILES string of the molecule is CN(c1ccccc1)c1nccc(-n2cnc3c(NC4CC4)nc(C(F)(F)F)nc32)n1. The van der Waals surface area contributed by atoms with E-state index in [1.165, 1.54) is 17.1 Å². The van der Waals surface area contributed by atoms with Crippen molar-refractivity contribution in [2.75, 3.05) is 17.3 Å². The highest BCUT2D eigenvalue weighted by molar-refractivity contribution is 5.84. The van der Waals surface area contributed by atoms with Gasteiger partial charge in [0.2, 0.25) is 11.8 Å². The highest BCUT2D eigenvalue weighted by Crippen LogP contribution is 2.33. The van der Waals surface area contributed by atoms with Crippen LogP contribution in [0.25, 0.3) is 17.0 Å². The Morgan fingerprint density at radius 1 is 1.03 bits per heavy atom. The molecule has 1 aromatic carbocycles. The molecular weight excluding hydrogens is 409 g/mol. The van der Waals surface area contributed by atoms with Gasteiger partial charge in [0, 0.05) is 25.0 Å². The first-order valence-corrected chi connectivity index (χ1v) is 9.61. The Labute approximate surface area is 174 Å². The number of benzene rings is 1. The van der Waals surface area contributed by atoms with Gasteiger partial charge in [-0.1, -0.05) is 18.2 Å². The number of aromatic nitrogens is 6. The van der Waals surface area contributed by atoms with E-state index >= 15 is 0 Å². The van der Waals surface area contributed by atoms with E-state index in [1.54, 1.807) is 11.0 Å². The average Bonchev–Trinajstić information content (AvgIpc) is 3.48. The zero-order chi connectivity index (χ0) is 21.6. The molecule has 1 N–H and O–H groups in total. The van der Waals surface area contributed by atoms with Gasteiger partial charge in [0.1, 0.15) is 12.1 Å². The third-order valence-electron chi connectivity index (χ3n) is 4.89. The maximum absolute atomic E-state index is 13.4.